The van der Waals surface area contributed by atoms with E-state index in [-0.39, 0.29) is 18.4 Å². The maximum absolute atomic E-state index is 13.1. The van der Waals surface area contributed by atoms with E-state index in [1.165, 1.54) is 12.1 Å². The van der Waals surface area contributed by atoms with Gasteiger partial charge in [0.1, 0.15) is 6.10 Å². The van der Waals surface area contributed by atoms with Crippen molar-refractivity contribution >= 4 is 0 Å². The van der Waals surface area contributed by atoms with Crippen LogP contribution in [0.3, 0.4) is 0 Å². The van der Waals surface area contributed by atoms with Gasteiger partial charge in [-0.25, -0.2) is 4.39 Å². The molecule has 1 atom stereocenters. The van der Waals surface area contributed by atoms with Crippen molar-refractivity contribution < 1.29 is 13.5 Å². The van der Waals surface area contributed by atoms with Gasteiger partial charge in [0, 0.05) is 6.54 Å². The van der Waals surface area contributed by atoms with Gasteiger partial charge in [0.15, 0.2) is 11.6 Å². The van der Waals surface area contributed by atoms with E-state index in [0.29, 0.717) is 6.42 Å². The molecule has 14 heavy (non-hydrogen) atoms. The molecule has 0 aliphatic heterocycles. The van der Waals surface area contributed by atoms with Gasteiger partial charge in [-0.1, -0.05) is 13.0 Å². The van der Waals surface area contributed by atoms with E-state index in [1.54, 1.807) is 0 Å². The van der Waals surface area contributed by atoms with Crippen molar-refractivity contribution in [1.29, 1.82) is 0 Å². The monoisotopic (exact) mass is 201 g/mol. The first-order valence-corrected chi connectivity index (χ1v) is 4.49. The summed E-state index contributed by atoms with van der Waals surface area (Å²) in [6.45, 7) is 2.15. The van der Waals surface area contributed by atoms with Crippen molar-refractivity contribution in [2.24, 2.45) is 5.73 Å². The number of halogens is 2. The van der Waals surface area contributed by atoms with Gasteiger partial charge in [-0.3, -0.25) is 0 Å². The third kappa shape index (κ3) is 2.42. The predicted octanol–water partition coefficient (Wildman–Crippen LogP) is 2.08. The summed E-state index contributed by atoms with van der Waals surface area (Å²) in [7, 11) is 0. The van der Waals surface area contributed by atoms with E-state index >= 15 is 0 Å². The van der Waals surface area contributed by atoms with Gasteiger partial charge in [0.05, 0.1) is 0 Å². The van der Waals surface area contributed by atoms with Crippen LogP contribution in [0.5, 0.6) is 5.75 Å². The van der Waals surface area contributed by atoms with E-state index in [0.717, 1.165) is 6.07 Å². The molecular weight excluding hydrogens is 188 g/mol. The average molecular weight is 201 g/mol. The third-order valence-electron chi connectivity index (χ3n) is 1.93. The smallest absolute Gasteiger partial charge is 0.200 e. The highest BCUT2D eigenvalue weighted by Gasteiger charge is 2.12. The van der Waals surface area contributed by atoms with Gasteiger partial charge in [0.25, 0.3) is 0 Å². The Morgan fingerprint density at radius 1 is 1.43 bits per heavy atom. The van der Waals surface area contributed by atoms with Crippen molar-refractivity contribution in [3.05, 3.63) is 29.8 Å². The molecule has 1 unspecified atom stereocenters. The van der Waals surface area contributed by atoms with Gasteiger partial charge in [-0.15, -0.1) is 0 Å². The molecule has 1 aromatic carbocycles. The second-order valence-electron chi connectivity index (χ2n) is 2.94. The fourth-order valence-corrected chi connectivity index (χ4v) is 1.05. The van der Waals surface area contributed by atoms with Crippen molar-refractivity contribution in [2.75, 3.05) is 6.54 Å². The lowest BCUT2D eigenvalue weighted by atomic mass is 10.2. The zero-order chi connectivity index (χ0) is 10.6. The third-order valence-corrected chi connectivity index (χ3v) is 1.93. The molecule has 2 nitrogen and oxygen atoms in total. The summed E-state index contributed by atoms with van der Waals surface area (Å²) in [5, 5.41) is 0. The fourth-order valence-electron chi connectivity index (χ4n) is 1.05. The SMILES string of the molecule is CCC(CN)Oc1cccc(F)c1F. The molecular formula is C10H13F2NO. The summed E-state index contributed by atoms with van der Waals surface area (Å²) < 4.78 is 31.0. The van der Waals surface area contributed by atoms with E-state index in [1.807, 2.05) is 6.92 Å². The summed E-state index contributed by atoms with van der Waals surface area (Å²) in [5.74, 6) is -1.95. The molecule has 0 heterocycles. The number of hydrogen-bond donors (Lipinski definition) is 1. The zero-order valence-corrected chi connectivity index (χ0v) is 7.97. The predicted molar refractivity (Wildman–Crippen MR) is 50.1 cm³/mol. The summed E-state index contributed by atoms with van der Waals surface area (Å²) in [6.07, 6.45) is 0.387. The first-order valence-electron chi connectivity index (χ1n) is 4.49. The van der Waals surface area contributed by atoms with Gasteiger partial charge in [-0.2, -0.15) is 4.39 Å². The fraction of sp³-hybridized carbons (Fsp3) is 0.400. The molecule has 0 saturated carbocycles. The summed E-state index contributed by atoms with van der Waals surface area (Å²) in [5.41, 5.74) is 5.38. The summed E-state index contributed by atoms with van der Waals surface area (Å²) in [4.78, 5) is 0. The largest absolute Gasteiger partial charge is 0.486 e. The molecule has 0 aromatic heterocycles. The van der Waals surface area contributed by atoms with Crippen LogP contribution in [-0.4, -0.2) is 12.6 Å². The molecule has 0 amide bonds. The van der Waals surface area contributed by atoms with E-state index in [2.05, 4.69) is 0 Å². The lowest BCUT2D eigenvalue weighted by Gasteiger charge is -2.15. The minimum Gasteiger partial charge on any atom is -0.486 e. The minimum absolute atomic E-state index is 0.0812. The Morgan fingerprint density at radius 2 is 2.14 bits per heavy atom. The normalized spacial score (nSPS) is 12.6. The van der Waals surface area contributed by atoms with Gasteiger partial charge in [-0.05, 0) is 18.6 Å². The Bertz CT molecular complexity index is 300. The number of benzene rings is 1. The number of rotatable bonds is 4. The van der Waals surface area contributed by atoms with Crippen LogP contribution in [0, 0.1) is 11.6 Å². The summed E-state index contributed by atoms with van der Waals surface area (Å²) >= 11 is 0. The zero-order valence-electron chi connectivity index (χ0n) is 7.97. The first kappa shape index (κ1) is 10.9. The molecule has 78 valence electrons. The molecule has 0 radical (unpaired) electrons. The van der Waals surface area contributed by atoms with E-state index in [9.17, 15) is 8.78 Å². The highest BCUT2D eigenvalue weighted by atomic mass is 19.2. The van der Waals surface area contributed by atoms with Crippen LogP contribution in [0.25, 0.3) is 0 Å². The van der Waals surface area contributed by atoms with Crippen molar-refractivity contribution in [1.82, 2.24) is 0 Å². The molecule has 0 fully saturated rings. The molecule has 1 rings (SSSR count). The van der Waals surface area contributed by atoms with Crippen molar-refractivity contribution in [3.63, 3.8) is 0 Å². The number of hydrogen-bond acceptors (Lipinski definition) is 2. The van der Waals surface area contributed by atoms with Crippen LogP contribution >= 0.6 is 0 Å². The molecule has 0 aliphatic carbocycles. The van der Waals surface area contributed by atoms with Crippen LogP contribution in [0.4, 0.5) is 8.78 Å². The molecule has 0 saturated heterocycles. The Kier molecular flexibility index (Phi) is 3.83. The molecule has 4 heteroatoms. The van der Waals surface area contributed by atoms with E-state index in [4.69, 9.17) is 10.5 Å². The molecule has 0 bridgehead atoms. The Morgan fingerprint density at radius 3 is 2.71 bits per heavy atom. The lowest BCUT2D eigenvalue weighted by molar-refractivity contribution is 0.194. The van der Waals surface area contributed by atoms with Crippen LogP contribution in [0.1, 0.15) is 13.3 Å². The van der Waals surface area contributed by atoms with Gasteiger partial charge in [0.2, 0.25) is 5.82 Å². The maximum atomic E-state index is 13.1. The van der Waals surface area contributed by atoms with Crippen LogP contribution < -0.4 is 10.5 Å². The quantitative estimate of drug-likeness (QED) is 0.809. The molecule has 1 aromatic rings. The van der Waals surface area contributed by atoms with Crippen molar-refractivity contribution in [2.45, 2.75) is 19.4 Å². The summed E-state index contributed by atoms with van der Waals surface area (Å²) in [6, 6.07) is 3.83. The number of nitrogens with two attached hydrogens (primary N) is 1. The minimum atomic E-state index is -0.959. The van der Waals surface area contributed by atoms with Crippen molar-refractivity contribution in [3.8, 4) is 5.75 Å². The van der Waals surface area contributed by atoms with Crippen LogP contribution in [0.15, 0.2) is 18.2 Å². The topological polar surface area (TPSA) is 35.2 Å². The lowest BCUT2D eigenvalue weighted by Crippen LogP contribution is -2.26. The van der Waals surface area contributed by atoms with E-state index < -0.39 is 11.6 Å². The van der Waals surface area contributed by atoms with Gasteiger partial charge >= 0.3 is 0 Å². The highest BCUT2D eigenvalue weighted by Crippen LogP contribution is 2.20. The van der Waals surface area contributed by atoms with Crippen LogP contribution in [0.2, 0.25) is 0 Å². The molecule has 0 aliphatic rings. The van der Waals surface area contributed by atoms with Crippen LogP contribution in [-0.2, 0) is 0 Å². The second-order valence-corrected chi connectivity index (χ2v) is 2.94. The van der Waals surface area contributed by atoms with Gasteiger partial charge < -0.3 is 10.5 Å². The Balaban J connectivity index is 2.80. The standard InChI is InChI=1S/C10H13F2NO/c1-2-7(6-13)14-9-5-3-4-8(11)10(9)12/h3-5,7H,2,6,13H2,1H3. The second kappa shape index (κ2) is 4.91. The Hall–Kier alpha value is -1.16. The maximum Gasteiger partial charge on any atom is 0.200 e. The molecule has 0 spiro atoms. The first-order chi connectivity index (χ1) is 6.69. The molecule has 2 N–H and O–H groups in total. The number of ether oxygens (including phenoxy) is 1. The highest BCUT2D eigenvalue weighted by molar-refractivity contribution is 5.25. The average Bonchev–Trinajstić information content (AvgIpc) is 2.20. The Labute approximate surface area is 81.7 Å².